The number of hydrogen-bond acceptors (Lipinski definition) is 2. The first-order chi connectivity index (χ1) is 12.4. The van der Waals surface area contributed by atoms with Crippen molar-refractivity contribution in [3.05, 3.63) is 53.8 Å². The van der Waals surface area contributed by atoms with Crippen LogP contribution in [0.1, 0.15) is 58.4 Å². The van der Waals surface area contributed by atoms with Crippen LogP contribution in [0.5, 0.6) is 17.2 Å². The van der Waals surface area contributed by atoms with Crippen LogP contribution in [0.25, 0.3) is 0 Å². The van der Waals surface area contributed by atoms with Gasteiger partial charge in [0.1, 0.15) is 5.75 Å². The van der Waals surface area contributed by atoms with Crippen molar-refractivity contribution in [2.45, 2.75) is 58.3 Å². The minimum absolute atomic E-state index is 0. The van der Waals surface area contributed by atoms with Gasteiger partial charge >= 0.3 is 51.4 Å². The SMILES string of the molecule is CCCC1CCCC(C)C1(C)c1ccc(Oc2ccc([O-])cc2F)cc1.[K+]. The van der Waals surface area contributed by atoms with Crippen molar-refractivity contribution in [2.24, 2.45) is 11.8 Å². The summed E-state index contributed by atoms with van der Waals surface area (Å²) in [4.78, 5) is 0. The Morgan fingerprint density at radius 1 is 1.15 bits per heavy atom. The molecule has 2 aromatic carbocycles. The molecule has 0 amide bonds. The zero-order valence-corrected chi connectivity index (χ0v) is 20.0. The van der Waals surface area contributed by atoms with E-state index in [9.17, 15) is 9.50 Å². The van der Waals surface area contributed by atoms with Gasteiger partial charge in [-0.05, 0) is 66.3 Å². The molecule has 0 radical (unpaired) electrons. The van der Waals surface area contributed by atoms with Crippen molar-refractivity contribution in [1.29, 1.82) is 0 Å². The molecule has 0 bridgehead atoms. The molecule has 0 saturated heterocycles. The molecule has 0 N–H and O–H groups in total. The van der Waals surface area contributed by atoms with Crippen LogP contribution in [0.3, 0.4) is 0 Å². The second-order valence-corrected chi connectivity index (χ2v) is 7.82. The molecule has 1 saturated carbocycles. The molecule has 2 aromatic rings. The number of ether oxygens (including phenoxy) is 1. The van der Waals surface area contributed by atoms with Gasteiger partial charge in [0, 0.05) is 0 Å². The van der Waals surface area contributed by atoms with E-state index in [-0.39, 0.29) is 68.3 Å². The molecular formula is C23H28FKO2. The normalized spacial score (nSPS) is 24.9. The van der Waals surface area contributed by atoms with E-state index in [1.807, 2.05) is 12.1 Å². The van der Waals surface area contributed by atoms with Gasteiger partial charge in [-0.25, -0.2) is 4.39 Å². The van der Waals surface area contributed by atoms with Crippen molar-refractivity contribution >= 4 is 0 Å². The second-order valence-electron chi connectivity index (χ2n) is 7.82. The fraction of sp³-hybridized carbons (Fsp3) is 0.478. The first-order valence-electron chi connectivity index (χ1n) is 9.70. The third kappa shape index (κ3) is 4.97. The Morgan fingerprint density at radius 2 is 1.85 bits per heavy atom. The average molecular weight is 395 g/mol. The number of benzene rings is 2. The maximum absolute atomic E-state index is 13.8. The first kappa shape index (κ1) is 22.9. The maximum Gasteiger partial charge on any atom is 1.00 e. The quantitative estimate of drug-likeness (QED) is 0.730. The van der Waals surface area contributed by atoms with E-state index in [1.54, 1.807) is 0 Å². The minimum Gasteiger partial charge on any atom is -0.872 e. The Kier molecular flexibility index (Phi) is 8.38. The summed E-state index contributed by atoms with van der Waals surface area (Å²) < 4.78 is 19.5. The molecule has 0 heterocycles. The van der Waals surface area contributed by atoms with Gasteiger partial charge in [0.25, 0.3) is 0 Å². The van der Waals surface area contributed by atoms with Crippen molar-refractivity contribution in [1.82, 2.24) is 0 Å². The van der Waals surface area contributed by atoms with Crippen LogP contribution >= 0.6 is 0 Å². The van der Waals surface area contributed by atoms with Gasteiger partial charge in [-0.1, -0.05) is 51.8 Å². The summed E-state index contributed by atoms with van der Waals surface area (Å²) in [5, 5.41) is 11.2. The molecule has 140 valence electrons. The van der Waals surface area contributed by atoms with Gasteiger partial charge in [-0.15, -0.1) is 5.75 Å². The van der Waals surface area contributed by atoms with Crippen LogP contribution in [-0.4, -0.2) is 0 Å². The molecular weight excluding hydrogens is 366 g/mol. The van der Waals surface area contributed by atoms with E-state index in [4.69, 9.17) is 4.74 Å². The van der Waals surface area contributed by atoms with Crippen LogP contribution in [-0.2, 0) is 5.41 Å². The summed E-state index contributed by atoms with van der Waals surface area (Å²) >= 11 is 0. The molecule has 1 fully saturated rings. The van der Waals surface area contributed by atoms with Crippen LogP contribution in [0.15, 0.2) is 42.5 Å². The van der Waals surface area contributed by atoms with Gasteiger partial charge in [-0.2, -0.15) is 0 Å². The summed E-state index contributed by atoms with van der Waals surface area (Å²) in [6, 6.07) is 11.7. The molecule has 4 heteroatoms. The summed E-state index contributed by atoms with van der Waals surface area (Å²) in [6.07, 6.45) is 6.34. The van der Waals surface area contributed by atoms with Gasteiger partial charge in [0.2, 0.25) is 0 Å². The van der Waals surface area contributed by atoms with Crippen LogP contribution < -0.4 is 61.2 Å². The molecule has 0 spiro atoms. The van der Waals surface area contributed by atoms with E-state index in [2.05, 4.69) is 32.9 Å². The van der Waals surface area contributed by atoms with E-state index < -0.39 is 5.82 Å². The molecule has 2 nitrogen and oxygen atoms in total. The predicted octanol–water partition coefficient (Wildman–Crippen LogP) is 3.19. The van der Waals surface area contributed by atoms with Crippen LogP contribution in [0, 0.1) is 17.7 Å². The Bertz CT molecular complexity index is 745. The fourth-order valence-electron chi connectivity index (χ4n) is 4.56. The Morgan fingerprint density at radius 3 is 2.48 bits per heavy atom. The molecule has 0 aliphatic heterocycles. The van der Waals surface area contributed by atoms with E-state index in [1.165, 1.54) is 49.8 Å². The smallest absolute Gasteiger partial charge is 0.872 e. The summed E-state index contributed by atoms with van der Waals surface area (Å²) in [6.45, 7) is 7.03. The van der Waals surface area contributed by atoms with Crippen LogP contribution in [0.2, 0.25) is 0 Å². The van der Waals surface area contributed by atoms with Crippen molar-refractivity contribution in [2.75, 3.05) is 0 Å². The zero-order valence-electron chi connectivity index (χ0n) is 16.9. The van der Waals surface area contributed by atoms with Gasteiger partial charge < -0.3 is 9.84 Å². The Labute approximate surface area is 204 Å². The van der Waals surface area contributed by atoms with E-state index >= 15 is 0 Å². The predicted molar refractivity (Wildman–Crippen MR) is 101 cm³/mol. The minimum atomic E-state index is -0.627. The van der Waals surface area contributed by atoms with Crippen LogP contribution in [0.4, 0.5) is 4.39 Å². The third-order valence-electron chi connectivity index (χ3n) is 6.31. The van der Waals surface area contributed by atoms with E-state index in [0.717, 1.165) is 6.07 Å². The average Bonchev–Trinajstić information content (AvgIpc) is 2.62. The Hall–Kier alpha value is -0.394. The first-order valence-corrected chi connectivity index (χ1v) is 9.70. The monoisotopic (exact) mass is 394 g/mol. The standard InChI is InChI=1S/C23H29FO2.K/c1-4-6-17-8-5-7-16(2)23(17,3)18-9-12-20(13-10-18)26-22-14-11-19(25)15-21(22)24;/h9-17,25H,4-8H2,1-3H3;/q;+1/p-1. The molecule has 3 atom stereocenters. The summed E-state index contributed by atoms with van der Waals surface area (Å²) in [5.74, 6) is 1.03. The number of rotatable bonds is 5. The van der Waals surface area contributed by atoms with Crippen molar-refractivity contribution in [3.8, 4) is 17.2 Å². The third-order valence-corrected chi connectivity index (χ3v) is 6.31. The topological polar surface area (TPSA) is 32.3 Å². The summed E-state index contributed by atoms with van der Waals surface area (Å²) in [5.41, 5.74) is 1.51. The number of halogens is 1. The van der Waals surface area contributed by atoms with Gasteiger partial charge in [0.15, 0.2) is 11.6 Å². The maximum atomic E-state index is 13.8. The fourth-order valence-corrected chi connectivity index (χ4v) is 4.56. The Balaban J connectivity index is 0.00000261. The van der Waals surface area contributed by atoms with E-state index in [0.29, 0.717) is 17.6 Å². The largest absolute Gasteiger partial charge is 1.00 e. The molecule has 3 rings (SSSR count). The molecule has 1 aliphatic rings. The van der Waals surface area contributed by atoms with Gasteiger partial charge in [0.05, 0.1) is 0 Å². The van der Waals surface area contributed by atoms with Crippen molar-refractivity contribution < 1.29 is 65.6 Å². The molecule has 0 aromatic heterocycles. The zero-order chi connectivity index (χ0) is 18.7. The molecule has 27 heavy (non-hydrogen) atoms. The summed E-state index contributed by atoms with van der Waals surface area (Å²) in [7, 11) is 0. The van der Waals surface area contributed by atoms with Crippen molar-refractivity contribution in [3.63, 3.8) is 0 Å². The molecule has 1 aliphatic carbocycles. The van der Waals surface area contributed by atoms with Gasteiger partial charge in [-0.3, -0.25) is 0 Å². The second kappa shape index (κ2) is 9.88. The number of hydrogen-bond donors (Lipinski definition) is 0. The molecule has 3 unspecified atom stereocenters.